The lowest BCUT2D eigenvalue weighted by Gasteiger charge is -2.13. The van der Waals surface area contributed by atoms with Crippen LogP contribution in [0.1, 0.15) is 19.4 Å². The molecule has 4 heteroatoms. The molecule has 106 valence electrons. The molecule has 0 amide bonds. The van der Waals surface area contributed by atoms with Crippen molar-refractivity contribution in [1.82, 2.24) is 5.32 Å². The predicted molar refractivity (Wildman–Crippen MR) is 76.7 cm³/mol. The Kier molecular flexibility index (Phi) is 7.00. The average Bonchev–Trinajstić information content (AvgIpc) is 2.38. The zero-order valence-electron chi connectivity index (χ0n) is 11.7. The first kappa shape index (κ1) is 15.5. The quantitative estimate of drug-likeness (QED) is 0.672. The Morgan fingerprint density at radius 3 is 2.79 bits per heavy atom. The minimum atomic E-state index is -0.346. The maximum Gasteiger partial charge on any atom is 0.161 e. The highest BCUT2D eigenvalue weighted by atomic mass is 16.5. The molecule has 0 aliphatic rings. The highest BCUT2D eigenvalue weighted by molar-refractivity contribution is 5.43. The smallest absolute Gasteiger partial charge is 0.161 e. The summed E-state index contributed by atoms with van der Waals surface area (Å²) in [6, 6.07) is 5.83. The highest BCUT2D eigenvalue weighted by Crippen LogP contribution is 2.28. The SMILES string of the molecule is C=CCOc1ccc(CNC[C@H](C)O)cc1OCC. The van der Waals surface area contributed by atoms with Crippen molar-refractivity contribution in [2.24, 2.45) is 0 Å². The molecule has 4 nitrogen and oxygen atoms in total. The first-order valence-corrected chi connectivity index (χ1v) is 6.55. The molecule has 0 saturated carbocycles. The van der Waals surface area contributed by atoms with Crippen LogP contribution in [0.3, 0.4) is 0 Å². The Morgan fingerprint density at radius 2 is 2.16 bits per heavy atom. The summed E-state index contributed by atoms with van der Waals surface area (Å²) < 4.78 is 11.1. The third kappa shape index (κ3) is 5.77. The number of benzene rings is 1. The topological polar surface area (TPSA) is 50.7 Å². The summed E-state index contributed by atoms with van der Waals surface area (Å²) in [6.45, 7) is 9.63. The van der Waals surface area contributed by atoms with E-state index in [0.717, 1.165) is 17.1 Å². The number of aliphatic hydroxyl groups excluding tert-OH is 1. The van der Waals surface area contributed by atoms with Gasteiger partial charge in [-0.25, -0.2) is 0 Å². The molecule has 0 fully saturated rings. The van der Waals surface area contributed by atoms with Crippen molar-refractivity contribution in [2.45, 2.75) is 26.5 Å². The molecule has 0 saturated heterocycles. The van der Waals surface area contributed by atoms with Gasteiger partial charge in [-0.15, -0.1) is 0 Å². The van der Waals surface area contributed by atoms with Gasteiger partial charge in [-0.2, -0.15) is 0 Å². The second kappa shape index (κ2) is 8.56. The summed E-state index contributed by atoms with van der Waals surface area (Å²) in [5, 5.41) is 12.4. The van der Waals surface area contributed by atoms with Crippen LogP contribution in [0.25, 0.3) is 0 Å². The number of rotatable bonds is 9. The highest BCUT2D eigenvalue weighted by Gasteiger charge is 2.06. The first-order valence-electron chi connectivity index (χ1n) is 6.55. The molecule has 0 radical (unpaired) electrons. The van der Waals surface area contributed by atoms with Gasteiger partial charge in [0.2, 0.25) is 0 Å². The monoisotopic (exact) mass is 265 g/mol. The van der Waals surface area contributed by atoms with Crippen molar-refractivity contribution < 1.29 is 14.6 Å². The van der Waals surface area contributed by atoms with Gasteiger partial charge < -0.3 is 19.9 Å². The van der Waals surface area contributed by atoms with Crippen molar-refractivity contribution in [3.63, 3.8) is 0 Å². The molecule has 19 heavy (non-hydrogen) atoms. The fourth-order valence-electron chi connectivity index (χ4n) is 1.62. The second-order valence-electron chi connectivity index (χ2n) is 4.29. The van der Waals surface area contributed by atoms with E-state index < -0.39 is 0 Å². The third-order valence-electron chi connectivity index (χ3n) is 2.43. The molecule has 0 spiro atoms. The van der Waals surface area contributed by atoms with Gasteiger partial charge in [0.1, 0.15) is 6.61 Å². The first-order chi connectivity index (χ1) is 9.17. The van der Waals surface area contributed by atoms with Crippen LogP contribution < -0.4 is 14.8 Å². The van der Waals surface area contributed by atoms with Crippen molar-refractivity contribution in [2.75, 3.05) is 19.8 Å². The zero-order chi connectivity index (χ0) is 14.1. The number of hydrogen-bond acceptors (Lipinski definition) is 4. The molecular weight excluding hydrogens is 242 g/mol. The Labute approximate surface area is 115 Å². The van der Waals surface area contributed by atoms with Crippen molar-refractivity contribution >= 4 is 0 Å². The van der Waals surface area contributed by atoms with Gasteiger partial charge >= 0.3 is 0 Å². The second-order valence-corrected chi connectivity index (χ2v) is 4.29. The molecule has 0 heterocycles. The molecule has 1 rings (SSSR count). The zero-order valence-corrected chi connectivity index (χ0v) is 11.7. The average molecular weight is 265 g/mol. The molecule has 0 aromatic heterocycles. The van der Waals surface area contributed by atoms with E-state index >= 15 is 0 Å². The van der Waals surface area contributed by atoms with Crippen LogP contribution in [-0.4, -0.2) is 31.0 Å². The van der Waals surface area contributed by atoms with E-state index in [1.807, 2.05) is 25.1 Å². The number of ether oxygens (including phenoxy) is 2. The fourth-order valence-corrected chi connectivity index (χ4v) is 1.62. The molecule has 0 bridgehead atoms. The predicted octanol–water partition coefficient (Wildman–Crippen LogP) is 2.12. The van der Waals surface area contributed by atoms with Crippen LogP contribution in [0, 0.1) is 0 Å². The molecular formula is C15H23NO3. The van der Waals surface area contributed by atoms with Gasteiger partial charge in [-0.1, -0.05) is 18.7 Å². The Morgan fingerprint density at radius 1 is 1.37 bits per heavy atom. The van der Waals surface area contributed by atoms with Crippen LogP contribution in [0.15, 0.2) is 30.9 Å². The van der Waals surface area contributed by atoms with Crippen LogP contribution in [0.5, 0.6) is 11.5 Å². The van der Waals surface area contributed by atoms with E-state index in [1.54, 1.807) is 13.0 Å². The molecule has 1 atom stereocenters. The van der Waals surface area contributed by atoms with Gasteiger partial charge in [0, 0.05) is 13.1 Å². The van der Waals surface area contributed by atoms with Crippen LogP contribution in [0.2, 0.25) is 0 Å². The maximum absolute atomic E-state index is 9.19. The van der Waals surface area contributed by atoms with E-state index in [0.29, 0.717) is 26.3 Å². The van der Waals surface area contributed by atoms with Crippen LogP contribution in [0.4, 0.5) is 0 Å². The molecule has 2 N–H and O–H groups in total. The lowest BCUT2D eigenvalue weighted by Crippen LogP contribution is -2.23. The van der Waals surface area contributed by atoms with Gasteiger partial charge in [0.25, 0.3) is 0 Å². The summed E-state index contributed by atoms with van der Waals surface area (Å²) >= 11 is 0. The van der Waals surface area contributed by atoms with E-state index in [1.165, 1.54) is 0 Å². The maximum atomic E-state index is 9.19. The standard InChI is InChI=1S/C15H23NO3/c1-4-8-19-14-7-6-13(9-15(14)18-5-2)11-16-10-12(3)17/h4,6-7,9,12,16-17H,1,5,8,10-11H2,2-3H3/t12-/m0/s1. The van der Waals surface area contributed by atoms with Gasteiger partial charge in [0.15, 0.2) is 11.5 Å². The summed E-state index contributed by atoms with van der Waals surface area (Å²) in [7, 11) is 0. The van der Waals surface area contributed by atoms with E-state index in [9.17, 15) is 5.11 Å². The van der Waals surface area contributed by atoms with Crippen LogP contribution in [-0.2, 0) is 6.54 Å². The van der Waals surface area contributed by atoms with Gasteiger partial charge in [-0.3, -0.25) is 0 Å². The number of nitrogens with one attached hydrogen (secondary N) is 1. The Bertz CT molecular complexity index is 391. The molecule has 1 aromatic rings. The van der Waals surface area contributed by atoms with E-state index in [-0.39, 0.29) is 6.10 Å². The third-order valence-corrected chi connectivity index (χ3v) is 2.43. The fraction of sp³-hybridized carbons (Fsp3) is 0.467. The van der Waals surface area contributed by atoms with Crippen molar-refractivity contribution in [3.05, 3.63) is 36.4 Å². The summed E-state index contributed by atoms with van der Waals surface area (Å²) in [5.74, 6) is 1.46. The number of hydrogen-bond donors (Lipinski definition) is 2. The lowest BCUT2D eigenvalue weighted by molar-refractivity contribution is 0.191. The summed E-state index contributed by atoms with van der Waals surface area (Å²) in [5.41, 5.74) is 1.09. The van der Waals surface area contributed by atoms with Crippen molar-refractivity contribution in [3.8, 4) is 11.5 Å². The molecule has 0 aliphatic carbocycles. The minimum Gasteiger partial charge on any atom is -0.490 e. The van der Waals surface area contributed by atoms with E-state index in [2.05, 4.69) is 11.9 Å². The Balaban J connectivity index is 2.68. The molecule has 1 aromatic carbocycles. The minimum absolute atomic E-state index is 0.346. The molecule has 0 unspecified atom stereocenters. The number of aliphatic hydroxyl groups is 1. The molecule has 0 aliphatic heterocycles. The largest absolute Gasteiger partial charge is 0.490 e. The normalized spacial score (nSPS) is 11.9. The van der Waals surface area contributed by atoms with E-state index in [4.69, 9.17) is 9.47 Å². The van der Waals surface area contributed by atoms with Crippen LogP contribution >= 0.6 is 0 Å². The summed E-state index contributed by atoms with van der Waals surface area (Å²) in [4.78, 5) is 0. The van der Waals surface area contributed by atoms with Gasteiger partial charge in [0.05, 0.1) is 12.7 Å². The Hall–Kier alpha value is -1.52. The van der Waals surface area contributed by atoms with Crippen molar-refractivity contribution in [1.29, 1.82) is 0 Å². The lowest BCUT2D eigenvalue weighted by atomic mass is 10.2. The summed E-state index contributed by atoms with van der Waals surface area (Å²) in [6.07, 6.45) is 1.36. The van der Waals surface area contributed by atoms with Gasteiger partial charge in [-0.05, 0) is 31.5 Å².